The first-order valence-corrected chi connectivity index (χ1v) is 7.53. The Morgan fingerprint density at radius 3 is 1.89 bits per heavy atom. The number of benzene rings is 1. The molecule has 0 heterocycles. The van der Waals surface area contributed by atoms with Crippen molar-refractivity contribution in [2.24, 2.45) is 0 Å². The standard InChI is InChI=1S/C7H8O3S.C6H16NO/c1-6-2-4-7(5-3-6)11(8,9)10;1-4-7(2,3)5-6-8/h2-5H,1H3,(H,8,9,10);8H,4-6H2,1-3H3/q;+1. The van der Waals surface area contributed by atoms with Crippen molar-refractivity contribution in [3.05, 3.63) is 29.8 Å². The Hall–Kier alpha value is -0.950. The lowest BCUT2D eigenvalue weighted by Crippen LogP contribution is -2.41. The summed E-state index contributed by atoms with van der Waals surface area (Å²) < 4.78 is 30.5. The maximum atomic E-state index is 10.5. The van der Waals surface area contributed by atoms with E-state index in [0.29, 0.717) is 6.61 Å². The molecular weight excluding hydrogens is 266 g/mol. The monoisotopic (exact) mass is 290 g/mol. The topological polar surface area (TPSA) is 74.6 Å². The normalized spacial score (nSPS) is 11.7. The second-order valence-corrected chi connectivity index (χ2v) is 6.41. The minimum atomic E-state index is -4.02. The van der Waals surface area contributed by atoms with E-state index in [2.05, 4.69) is 21.0 Å². The van der Waals surface area contributed by atoms with Crippen LogP contribution in [0.25, 0.3) is 0 Å². The van der Waals surface area contributed by atoms with Gasteiger partial charge < -0.3 is 9.59 Å². The summed E-state index contributed by atoms with van der Waals surface area (Å²) in [5.41, 5.74) is 0.956. The van der Waals surface area contributed by atoms with Gasteiger partial charge in [-0.1, -0.05) is 17.7 Å². The number of hydrogen-bond acceptors (Lipinski definition) is 3. The van der Waals surface area contributed by atoms with E-state index in [9.17, 15) is 8.42 Å². The van der Waals surface area contributed by atoms with Crippen molar-refractivity contribution in [2.45, 2.75) is 18.7 Å². The Bertz CT molecular complexity index is 466. The van der Waals surface area contributed by atoms with Gasteiger partial charge in [-0.05, 0) is 26.0 Å². The van der Waals surface area contributed by atoms with Gasteiger partial charge in [0.1, 0.15) is 6.54 Å². The van der Waals surface area contributed by atoms with Crippen molar-refractivity contribution >= 4 is 10.1 Å². The van der Waals surface area contributed by atoms with Gasteiger partial charge in [0.05, 0.1) is 32.1 Å². The molecule has 0 aliphatic heterocycles. The van der Waals surface area contributed by atoms with Crippen LogP contribution < -0.4 is 0 Å². The van der Waals surface area contributed by atoms with Gasteiger partial charge >= 0.3 is 0 Å². The summed E-state index contributed by atoms with van der Waals surface area (Å²) in [6, 6.07) is 5.99. The third kappa shape index (κ3) is 7.94. The fourth-order valence-electron chi connectivity index (χ4n) is 1.14. The highest BCUT2D eigenvalue weighted by Crippen LogP contribution is 2.08. The van der Waals surface area contributed by atoms with Crippen LogP contribution in [0.2, 0.25) is 0 Å². The van der Waals surface area contributed by atoms with Crippen LogP contribution in [0.3, 0.4) is 0 Å². The maximum absolute atomic E-state index is 10.5. The van der Waals surface area contributed by atoms with Gasteiger partial charge in [0.25, 0.3) is 10.1 Å². The van der Waals surface area contributed by atoms with E-state index >= 15 is 0 Å². The van der Waals surface area contributed by atoms with Crippen molar-refractivity contribution in [3.8, 4) is 0 Å². The third-order valence-electron chi connectivity index (χ3n) is 2.88. The van der Waals surface area contributed by atoms with Crippen LogP contribution in [-0.4, -0.2) is 56.4 Å². The van der Waals surface area contributed by atoms with Gasteiger partial charge in [-0.15, -0.1) is 0 Å². The number of aryl methyl sites for hydroxylation is 1. The Morgan fingerprint density at radius 1 is 1.16 bits per heavy atom. The molecule has 0 aromatic heterocycles. The third-order valence-corrected chi connectivity index (χ3v) is 3.75. The van der Waals surface area contributed by atoms with Crippen LogP contribution in [0.4, 0.5) is 0 Å². The van der Waals surface area contributed by atoms with Gasteiger partial charge in [0, 0.05) is 0 Å². The summed E-state index contributed by atoms with van der Waals surface area (Å²) in [7, 11) is 0.195. The molecule has 0 unspecified atom stereocenters. The smallest absolute Gasteiger partial charge is 0.294 e. The second-order valence-electron chi connectivity index (χ2n) is 4.99. The molecule has 0 amide bonds. The summed E-state index contributed by atoms with van der Waals surface area (Å²) in [6.45, 7) is 6.20. The summed E-state index contributed by atoms with van der Waals surface area (Å²) in [5.74, 6) is 0. The molecule has 0 fully saturated rings. The van der Waals surface area contributed by atoms with Crippen LogP contribution in [0.15, 0.2) is 29.2 Å². The lowest BCUT2D eigenvalue weighted by atomic mass is 10.2. The average molecular weight is 290 g/mol. The predicted octanol–water partition coefficient (Wildman–Crippen LogP) is 1.32. The highest BCUT2D eigenvalue weighted by molar-refractivity contribution is 7.85. The zero-order valence-corrected chi connectivity index (χ0v) is 12.8. The minimum absolute atomic E-state index is 0.0666. The van der Waals surface area contributed by atoms with Crippen molar-refractivity contribution in [2.75, 3.05) is 33.8 Å². The number of aliphatic hydroxyl groups excluding tert-OH is 1. The van der Waals surface area contributed by atoms with Gasteiger partial charge in [-0.25, -0.2) is 0 Å². The first-order valence-electron chi connectivity index (χ1n) is 6.09. The quantitative estimate of drug-likeness (QED) is 0.648. The SMILES string of the molecule is CC[N+](C)(C)CCO.Cc1ccc(S(=O)(=O)O)cc1. The van der Waals surface area contributed by atoms with Crippen LogP contribution in [0.1, 0.15) is 12.5 Å². The lowest BCUT2D eigenvalue weighted by Gasteiger charge is -2.26. The predicted molar refractivity (Wildman–Crippen MR) is 75.6 cm³/mol. The lowest BCUT2D eigenvalue weighted by molar-refractivity contribution is -0.888. The number of nitrogens with zero attached hydrogens (tertiary/aromatic N) is 1. The molecule has 0 spiro atoms. The molecular formula is C13H24NO4S+. The molecule has 6 heteroatoms. The van der Waals surface area contributed by atoms with Gasteiger partial charge in [0.2, 0.25) is 0 Å². The molecule has 0 aliphatic rings. The molecule has 0 bridgehead atoms. The zero-order valence-electron chi connectivity index (χ0n) is 12.0. The van der Waals surface area contributed by atoms with Gasteiger partial charge in [-0.3, -0.25) is 4.55 Å². The number of hydrogen-bond donors (Lipinski definition) is 2. The zero-order chi connectivity index (χ0) is 15.1. The fourth-order valence-corrected chi connectivity index (χ4v) is 1.62. The molecule has 0 aliphatic carbocycles. The molecule has 1 rings (SSSR count). The largest absolute Gasteiger partial charge is 0.391 e. The number of quaternary nitrogens is 1. The van der Waals surface area contributed by atoms with E-state index in [0.717, 1.165) is 23.1 Å². The van der Waals surface area contributed by atoms with Crippen molar-refractivity contribution in [1.29, 1.82) is 0 Å². The molecule has 1 aromatic rings. The minimum Gasteiger partial charge on any atom is -0.391 e. The van der Waals surface area contributed by atoms with Crippen molar-refractivity contribution in [3.63, 3.8) is 0 Å². The van der Waals surface area contributed by atoms with Gasteiger partial charge in [-0.2, -0.15) is 8.42 Å². The van der Waals surface area contributed by atoms with E-state index in [1.807, 2.05) is 6.92 Å². The van der Waals surface area contributed by atoms with E-state index in [-0.39, 0.29) is 4.90 Å². The molecule has 110 valence electrons. The maximum Gasteiger partial charge on any atom is 0.294 e. The van der Waals surface area contributed by atoms with Gasteiger partial charge in [0.15, 0.2) is 0 Å². The first kappa shape index (κ1) is 18.0. The molecule has 2 N–H and O–H groups in total. The van der Waals surface area contributed by atoms with Crippen LogP contribution in [0.5, 0.6) is 0 Å². The van der Waals surface area contributed by atoms with Crippen molar-refractivity contribution < 1.29 is 22.6 Å². The molecule has 0 radical (unpaired) electrons. The first-order chi connectivity index (χ1) is 8.62. The Kier molecular flexibility index (Phi) is 7.21. The van der Waals surface area contributed by atoms with E-state index in [4.69, 9.17) is 9.66 Å². The van der Waals surface area contributed by atoms with E-state index in [1.54, 1.807) is 12.1 Å². The average Bonchev–Trinajstić information content (AvgIpc) is 2.29. The highest BCUT2D eigenvalue weighted by atomic mass is 32.2. The molecule has 0 atom stereocenters. The molecule has 0 saturated heterocycles. The second kappa shape index (κ2) is 7.59. The molecule has 5 nitrogen and oxygen atoms in total. The summed E-state index contributed by atoms with van der Waals surface area (Å²) in [5, 5.41) is 8.52. The fraction of sp³-hybridized carbons (Fsp3) is 0.538. The Morgan fingerprint density at radius 2 is 1.63 bits per heavy atom. The van der Waals surface area contributed by atoms with Crippen LogP contribution in [-0.2, 0) is 10.1 Å². The number of likely N-dealkylation sites (N-methyl/N-ethyl adjacent to an activating group) is 1. The molecule has 1 aromatic carbocycles. The summed E-state index contributed by atoms with van der Waals surface area (Å²) in [6.07, 6.45) is 0. The number of rotatable bonds is 4. The Balaban J connectivity index is 0.000000362. The molecule has 19 heavy (non-hydrogen) atoms. The molecule has 0 saturated carbocycles. The van der Waals surface area contributed by atoms with E-state index < -0.39 is 10.1 Å². The highest BCUT2D eigenvalue weighted by Gasteiger charge is 2.08. The van der Waals surface area contributed by atoms with Crippen molar-refractivity contribution in [1.82, 2.24) is 0 Å². The van der Waals surface area contributed by atoms with Crippen LogP contribution >= 0.6 is 0 Å². The van der Waals surface area contributed by atoms with Crippen LogP contribution in [0, 0.1) is 6.92 Å². The summed E-state index contributed by atoms with van der Waals surface area (Å²) >= 11 is 0. The number of aliphatic hydroxyl groups is 1. The Labute approximate surface area is 115 Å². The summed E-state index contributed by atoms with van der Waals surface area (Å²) in [4.78, 5) is -0.0666. The van der Waals surface area contributed by atoms with E-state index in [1.165, 1.54) is 12.1 Å².